The smallest absolute Gasteiger partial charge is 0.352 e. The summed E-state index contributed by atoms with van der Waals surface area (Å²) in [6.45, 7) is 0.696. The van der Waals surface area contributed by atoms with Gasteiger partial charge in [0.05, 0.1) is 26.5 Å². The van der Waals surface area contributed by atoms with Crippen molar-refractivity contribution < 1.29 is 19.0 Å². The van der Waals surface area contributed by atoms with E-state index in [0.717, 1.165) is 9.25 Å². The maximum Gasteiger partial charge on any atom is 0.352 e. The van der Waals surface area contributed by atoms with E-state index in [2.05, 4.69) is 10.4 Å². The molecule has 0 saturated carbocycles. The Morgan fingerprint density at radius 2 is 1.73 bits per heavy atom. The molecule has 0 aliphatic heterocycles. The molecule has 2 aromatic carbocycles. The summed E-state index contributed by atoms with van der Waals surface area (Å²) in [5.41, 5.74) is -0.799. The van der Waals surface area contributed by atoms with Crippen molar-refractivity contribution in [3.63, 3.8) is 0 Å². The topological polar surface area (TPSA) is 114 Å². The second kappa shape index (κ2) is 11.1. The molecule has 3 aromatic rings. The molecule has 0 saturated heterocycles. The molecule has 0 aliphatic carbocycles. The number of nitrogens with zero attached hydrogens (tertiary/aromatic N) is 3. The lowest BCUT2D eigenvalue weighted by atomic mass is 10.2. The number of nitrogens with one attached hydrogen (secondary N) is 1. The number of hydrogen-bond acceptors (Lipinski definition) is 7. The minimum absolute atomic E-state index is 0.0580. The lowest BCUT2D eigenvalue weighted by Crippen LogP contribution is -2.46. The lowest BCUT2D eigenvalue weighted by molar-refractivity contribution is 0.0938. The van der Waals surface area contributed by atoms with Crippen LogP contribution >= 0.6 is 0 Å². The van der Waals surface area contributed by atoms with Crippen molar-refractivity contribution in [1.82, 2.24) is 19.7 Å². The van der Waals surface area contributed by atoms with Crippen LogP contribution < -0.4 is 26.0 Å². The molecule has 3 rings (SSSR count). The van der Waals surface area contributed by atoms with Gasteiger partial charge in [0, 0.05) is 20.3 Å². The van der Waals surface area contributed by atoms with Gasteiger partial charge in [0.2, 0.25) is 5.69 Å². The molecule has 0 unspecified atom stereocenters. The van der Waals surface area contributed by atoms with E-state index in [9.17, 15) is 14.4 Å². The second-order valence-corrected chi connectivity index (χ2v) is 7.09. The Kier molecular flexibility index (Phi) is 7.98. The van der Waals surface area contributed by atoms with Gasteiger partial charge in [-0.05, 0) is 48.4 Å². The van der Waals surface area contributed by atoms with Crippen LogP contribution in [0.2, 0.25) is 0 Å². The fraction of sp³-hybridized carbons (Fsp3) is 0.304. The zero-order valence-corrected chi connectivity index (χ0v) is 18.7. The normalized spacial score (nSPS) is 10.6. The largest absolute Gasteiger partial charge is 0.497 e. The monoisotopic (exact) mass is 454 g/mol. The highest BCUT2D eigenvalue weighted by Crippen LogP contribution is 2.14. The first kappa shape index (κ1) is 23.7. The Hall–Kier alpha value is -3.92. The van der Waals surface area contributed by atoms with Crippen LogP contribution in [-0.4, -0.2) is 54.7 Å². The fourth-order valence-electron chi connectivity index (χ4n) is 3.14. The van der Waals surface area contributed by atoms with Gasteiger partial charge >= 0.3 is 5.69 Å². The van der Waals surface area contributed by atoms with Crippen LogP contribution in [0, 0.1) is 0 Å². The average Bonchev–Trinajstić information content (AvgIpc) is 2.84. The molecule has 1 heterocycles. The minimum atomic E-state index is -0.781. The van der Waals surface area contributed by atoms with Gasteiger partial charge in [-0.3, -0.25) is 14.2 Å². The molecule has 10 heteroatoms. The van der Waals surface area contributed by atoms with Gasteiger partial charge in [0.15, 0.2) is 0 Å². The van der Waals surface area contributed by atoms with Crippen LogP contribution in [0.25, 0.3) is 5.69 Å². The van der Waals surface area contributed by atoms with E-state index in [0.29, 0.717) is 42.3 Å². The van der Waals surface area contributed by atoms with Crippen molar-refractivity contribution in [2.24, 2.45) is 0 Å². The number of aromatic nitrogens is 3. The predicted octanol–water partition coefficient (Wildman–Crippen LogP) is 1.23. The number of methoxy groups -OCH3 is 3. The molecule has 33 heavy (non-hydrogen) atoms. The number of carbonyl (C=O) groups is 1. The predicted molar refractivity (Wildman–Crippen MR) is 122 cm³/mol. The Labute approximate surface area is 190 Å². The van der Waals surface area contributed by atoms with Crippen LogP contribution in [0.5, 0.6) is 11.5 Å². The molecule has 174 valence electrons. The van der Waals surface area contributed by atoms with E-state index in [-0.39, 0.29) is 12.2 Å². The van der Waals surface area contributed by atoms with Gasteiger partial charge in [0.25, 0.3) is 11.5 Å². The Bertz CT molecular complexity index is 1220. The highest BCUT2D eigenvalue weighted by atomic mass is 16.5. The zero-order chi connectivity index (χ0) is 23.8. The summed E-state index contributed by atoms with van der Waals surface area (Å²) in [7, 11) is 4.62. The summed E-state index contributed by atoms with van der Waals surface area (Å²) < 4.78 is 17.4. The van der Waals surface area contributed by atoms with Crippen molar-refractivity contribution in [3.05, 3.63) is 80.6 Å². The van der Waals surface area contributed by atoms with E-state index in [4.69, 9.17) is 14.2 Å². The van der Waals surface area contributed by atoms with E-state index < -0.39 is 17.2 Å². The van der Waals surface area contributed by atoms with Gasteiger partial charge in [-0.15, -0.1) is 0 Å². The van der Waals surface area contributed by atoms with Gasteiger partial charge in [-0.2, -0.15) is 9.78 Å². The third kappa shape index (κ3) is 5.66. The number of carbonyl (C=O) groups excluding carboxylic acids is 1. The summed E-state index contributed by atoms with van der Waals surface area (Å²) in [5, 5.41) is 6.74. The van der Waals surface area contributed by atoms with Crippen LogP contribution in [0.4, 0.5) is 0 Å². The maximum absolute atomic E-state index is 13.2. The van der Waals surface area contributed by atoms with Crippen LogP contribution in [0.3, 0.4) is 0 Å². The third-order valence-electron chi connectivity index (χ3n) is 4.88. The second-order valence-electron chi connectivity index (χ2n) is 7.09. The van der Waals surface area contributed by atoms with E-state index in [1.165, 1.54) is 14.2 Å². The SMILES string of the molecule is COCCCNC(=O)c1nn(-c2ccc(OC)cc2)c(=O)n(Cc2cccc(OC)c2)c1=O. The van der Waals surface area contributed by atoms with Crippen molar-refractivity contribution in [2.45, 2.75) is 13.0 Å². The van der Waals surface area contributed by atoms with Crippen LogP contribution in [0.1, 0.15) is 22.5 Å². The van der Waals surface area contributed by atoms with Gasteiger partial charge < -0.3 is 19.5 Å². The third-order valence-corrected chi connectivity index (χ3v) is 4.88. The van der Waals surface area contributed by atoms with Crippen molar-refractivity contribution in [2.75, 3.05) is 34.5 Å². The fourth-order valence-corrected chi connectivity index (χ4v) is 3.14. The number of benzene rings is 2. The zero-order valence-electron chi connectivity index (χ0n) is 18.7. The van der Waals surface area contributed by atoms with Crippen LogP contribution in [-0.2, 0) is 11.3 Å². The van der Waals surface area contributed by atoms with E-state index in [1.54, 1.807) is 55.6 Å². The molecular formula is C23H26N4O6. The molecule has 0 atom stereocenters. The molecule has 1 amide bonds. The van der Waals surface area contributed by atoms with Crippen LogP contribution in [0.15, 0.2) is 58.1 Å². The summed E-state index contributed by atoms with van der Waals surface area (Å²) in [4.78, 5) is 39.1. The molecular weight excluding hydrogens is 428 g/mol. The molecule has 1 N–H and O–H groups in total. The first-order valence-corrected chi connectivity index (χ1v) is 10.3. The van der Waals surface area contributed by atoms with Crippen molar-refractivity contribution in [1.29, 1.82) is 0 Å². The summed E-state index contributed by atoms with van der Waals surface area (Å²) >= 11 is 0. The molecule has 0 aliphatic rings. The maximum atomic E-state index is 13.2. The average molecular weight is 454 g/mol. The number of amides is 1. The molecule has 10 nitrogen and oxygen atoms in total. The van der Waals surface area contributed by atoms with E-state index in [1.807, 2.05) is 0 Å². The first-order valence-electron chi connectivity index (χ1n) is 10.3. The Morgan fingerprint density at radius 3 is 2.39 bits per heavy atom. The first-order chi connectivity index (χ1) is 16.0. The van der Waals surface area contributed by atoms with Crippen molar-refractivity contribution in [3.8, 4) is 17.2 Å². The molecule has 0 spiro atoms. The summed E-state index contributed by atoms with van der Waals surface area (Å²) in [6, 6.07) is 13.5. The highest BCUT2D eigenvalue weighted by Gasteiger charge is 2.20. The van der Waals surface area contributed by atoms with Crippen molar-refractivity contribution >= 4 is 5.91 Å². The Balaban J connectivity index is 2.08. The van der Waals surface area contributed by atoms with Gasteiger partial charge in [-0.1, -0.05) is 12.1 Å². The summed E-state index contributed by atoms with van der Waals surface area (Å²) in [5.74, 6) is 0.506. The molecule has 1 aromatic heterocycles. The van der Waals surface area contributed by atoms with Gasteiger partial charge in [-0.25, -0.2) is 4.79 Å². The van der Waals surface area contributed by atoms with Gasteiger partial charge in [0.1, 0.15) is 11.5 Å². The number of hydrogen-bond donors (Lipinski definition) is 1. The lowest BCUT2D eigenvalue weighted by Gasteiger charge is -2.13. The summed E-state index contributed by atoms with van der Waals surface area (Å²) in [6.07, 6.45) is 0.568. The minimum Gasteiger partial charge on any atom is -0.497 e. The molecule has 0 radical (unpaired) electrons. The Morgan fingerprint density at radius 1 is 1.00 bits per heavy atom. The number of ether oxygens (including phenoxy) is 3. The molecule has 0 bridgehead atoms. The van der Waals surface area contributed by atoms with E-state index >= 15 is 0 Å². The number of rotatable bonds is 10. The quantitative estimate of drug-likeness (QED) is 0.458. The standard InChI is InChI=1S/C23H26N4O6/c1-31-13-5-12-24-21(28)20-22(29)26(15-16-6-4-7-19(14-16)33-3)23(30)27(25-20)17-8-10-18(32-2)11-9-17/h4,6-11,14H,5,12-13,15H2,1-3H3,(H,24,28). The molecule has 0 fully saturated rings. The highest BCUT2D eigenvalue weighted by molar-refractivity contribution is 5.91.